The van der Waals surface area contributed by atoms with E-state index in [-0.39, 0.29) is 5.56 Å². The smallest absolute Gasteiger partial charge is 0.258 e. The zero-order chi connectivity index (χ0) is 18.2. The van der Waals surface area contributed by atoms with Crippen molar-refractivity contribution in [3.8, 4) is 0 Å². The fourth-order valence-corrected chi connectivity index (χ4v) is 4.71. The van der Waals surface area contributed by atoms with Crippen molar-refractivity contribution < 1.29 is 0 Å². The van der Waals surface area contributed by atoms with Crippen LogP contribution < -0.4 is 5.56 Å². The molecule has 5 heteroatoms. The summed E-state index contributed by atoms with van der Waals surface area (Å²) in [4.78, 5) is 20.1. The van der Waals surface area contributed by atoms with Crippen molar-refractivity contribution in [3.05, 3.63) is 105 Å². The van der Waals surface area contributed by atoms with Gasteiger partial charge in [-0.05, 0) is 16.7 Å². The minimum Gasteiger partial charge on any atom is -0.292 e. The molecule has 0 radical (unpaired) electrons. The molecule has 2 aromatic carbocycles. The zero-order valence-electron chi connectivity index (χ0n) is 14.8. The number of fused-ring (bicyclic) bond motifs is 2. The van der Waals surface area contributed by atoms with Crippen LogP contribution in [0, 0.1) is 0 Å². The first kappa shape index (κ1) is 16.4. The van der Waals surface area contributed by atoms with Gasteiger partial charge in [-0.3, -0.25) is 14.1 Å². The first-order valence-corrected chi connectivity index (χ1v) is 9.97. The highest BCUT2D eigenvalue weighted by atomic mass is 32.1. The van der Waals surface area contributed by atoms with E-state index in [1.807, 2.05) is 5.38 Å². The van der Waals surface area contributed by atoms with Gasteiger partial charge in [-0.2, -0.15) is 0 Å². The number of aromatic nitrogens is 2. The Morgan fingerprint density at radius 1 is 1.07 bits per heavy atom. The number of benzene rings is 2. The summed E-state index contributed by atoms with van der Waals surface area (Å²) in [6.45, 7) is 2.48. The lowest BCUT2D eigenvalue weighted by Crippen LogP contribution is -2.34. The van der Waals surface area contributed by atoms with Crippen LogP contribution in [0.5, 0.6) is 0 Å². The molecule has 1 aliphatic heterocycles. The Morgan fingerprint density at radius 2 is 1.89 bits per heavy atom. The molecule has 4 nitrogen and oxygen atoms in total. The van der Waals surface area contributed by atoms with Gasteiger partial charge in [-0.15, -0.1) is 11.3 Å². The first-order valence-electron chi connectivity index (χ1n) is 9.09. The minimum absolute atomic E-state index is 0.00623. The van der Waals surface area contributed by atoms with E-state index in [0.717, 1.165) is 23.7 Å². The zero-order valence-corrected chi connectivity index (χ0v) is 15.6. The molecule has 0 fully saturated rings. The largest absolute Gasteiger partial charge is 0.292 e. The Bertz CT molecular complexity index is 1150. The van der Waals surface area contributed by atoms with Crippen molar-refractivity contribution in [2.24, 2.45) is 0 Å². The van der Waals surface area contributed by atoms with Crippen LogP contribution >= 0.6 is 11.3 Å². The van der Waals surface area contributed by atoms with Crippen LogP contribution in [-0.4, -0.2) is 20.8 Å². The molecule has 0 saturated heterocycles. The standard InChI is InChI=1S/C22H19N3OS/c26-21-12-18(23-22-25(21)10-11-27-22)14-24-13-17-8-4-5-9-19(17)20(15-24)16-6-2-1-3-7-16/h1-12,20H,13-15H2. The second kappa shape index (κ2) is 6.76. The van der Waals surface area contributed by atoms with Gasteiger partial charge in [-0.25, -0.2) is 4.98 Å². The first-order chi connectivity index (χ1) is 13.3. The van der Waals surface area contributed by atoms with E-state index in [4.69, 9.17) is 0 Å². The summed E-state index contributed by atoms with van der Waals surface area (Å²) in [7, 11) is 0. The van der Waals surface area contributed by atoms with Crippen LogP contribution in [0.3, 0.4) is 0 Å². The molecule has 0 spiro atoms. The quantitative estimate of drug-likeness (QED) is 0.547. The average Bonchev–Trinajstić information content (AvgIpc) is 3.17. The molecule has 0 aliphatic carbocycles. The predicted molar refractivity (Wildman–Crippen MR) is 108 cm³/mol. The maximum atomic E-state index is 12.3. The molecule has 1 atom stereocenters. The van der Waals surface area contributed by atoms with E-state index in [2.05, 4.69) is 64.5 Å². The average molecular weight is 373 g/mol. The molecule has 27 heavy (non-hydrogen) atoms. The summed E-state index contributed by atoms with van der Waals surface area (Å²) >= 11 is 1.50. The van der Waals surface area contributed by atoms with Gasteiger partial charge in [0.2, 0.25) is 0 Å². The van der Waals surface area contributed by atoms with Crippen LogP contribution in [0.15, 0.2) is 77.0 Å². The SMILES string of the molecule is O=c1cc(CN2Cc3ccccc3C(c3ccccc3)C2)nc2sccn12. The summed E-state index contributed by atoms with van der Waals surface area (Å²) in [5, 5.41) is 1.90. The van der Waals surface area contributed by atoms with Gasteiger partial charge < -0.3 is 0 Å². The molecule has 134 valence electrons. The van der Waals surface area contributed by atoms with Crippen molar-refractivity contribution in [1.29, 1.82) is 0 Å². The van der Waals surface area contributed by atoms with Crippen LogP contribution in [0.4, 0.5) is 0 Å². The molecule has 2 aromatic heterocycles. The highest BCUT2D eigenvalue weighted by molar-refractivity contribution is 7.15. The fraction of sp³-hybridized carbons (Fsp3) is 0.182. The van der Waals surface area contributed by atoms with E-state index in [1.54, 1.807) is 16.7 Å². The van der Waals surface area contributed by atoms with E-state index >= 15 is 0 Å². The third-order valence-corrected chi connectivity index (χ3v) is 5.97. The Kier molecular flexibility index (Phi) is 4.11. The predicted octanol–water partition coefficient (Wildman–Crippen LogP) is 3.90. The van der Waals surface area contributed by atoms with Crippen molar-refractivity contribution in [2.45, 2.75) is 19.0 Å². The van der Waals surface area contributed by atoms with Crippen LogP contribution in [-0.2, 0) is 13.1 Å². The summed E-state index contributed by atoms with van der Waals surface area (Å²) in [5.74, 6) is 0.336. The molecule has 3 heterocycles. The van der Waals surface area contributed by atoms with E-state index in [9.17, 15) is 4.79 Å². The monoisotopic (exact) mass is 373 g/mol. The van der Waals surface area contributed by atoms with Gasteiger partial charge in [0, 0.05) is 43.2 Å². The molecule has 0 saturated carbocycles. The molecular weight excluding hydrogens is 354 g/mol. The van der Waals surface area contributed by atoms with Gasteiger partial charge >= 0.3 is 0 Å². The number of hydrogen-bond donors (Lipinski definition) is 0. The van der Waals surface area contributed by atoms with Crippen molar-refractivity contribution in [3.63, 3.8) is 0 Å². The fourth-order valence-electron chi connectivity index (χ4n) is 3.97. The van der Waals surface area contributed by atoms with Crippen LogP contribution in [0.25, 0.3) is 4.96 Å². The van der Waals surface area contributed by atoms with Crippen molar-refractivity contribution in [1.82, 2.24) is 14.3 Å². The maximum Gasteiger partial charge on any atom is 0.258 e. The van der Waals surface area contributed by atoms with Gasteiger partial charge in [0.15, 0.2) is 4.96 Å². The Labute approximate surface area is 161 Å². The molecule has 4 aromatic rings. The second-order valence-corrected chi connectivity index (χ2v) is 7.85. The van der Waals surface area contributed by atoms with E-state index in [1.165, 1.54) is 28.0 Å². The van der Waals surface area contributed by atoms with E-state index in [0.29, 0.717) is 12.5 Å². The minimum atomic E-state index is -0.00623. The van der Waals surface area contributed by atoms with Crippen molar-refractivity contribution in [2.75, 3.05) is 6.54 Å². The number of nitrogens with zero attached hydrogens (tertiary/aromatic N) is 3. The highest BCUT2D eigenvalue weighted by Gasteiger charge is 2.26. The summed E-state index contributed by atoms with van der Waals surface area (Å²) in [5.41, 5.74) is 4.92. The summed E-state index contributed by atoms with van der Waals surface area (Å²) in [6.07, 6.45) is 1.78. The van der Waals surface area contributed by atoms with Gasteiger partial charge in [-0.1, -0.05) is 54.6 Å². The molecule has 0 amide bonds. The maximum absolute atomic E-state index is 12.3. The van der Waals surface area contributed by atoms with Gasteiger partial charge in [0.05, 0.1) is 5.69 Å². The number of hydrogen-bond acceptors (Lipinski definition) is 4. The Morgan fingerprint density at radius 3 is 2.78 bits per heavy atom. The topological polar surface area (TPSA) is 37.6 Å². The molecule has 1 unspecified atom stereocenters. The van der Waals surface area contributed by atoms with Gasteiger partial charge in [0.1, 0.15) is 0 Å². The summed E-state index contributed by atoms with van der Waals surface area (Å²) in [6, 6.07) is 21.0. The summed E-state index contributed by atoms with van der Waals surface area (Å²) < 4.78 is 1.60. The van der Waals surface area contributed by atoms with Crippen LogP contribution in [0.1, 0.15) is 28.3 Å². The second-order valence-electron chi connectivity index (χ2n) is 6.97. The molecule has 5 rings (SSSR count). The van der Waals surface area contributed by atoms with Crippen molar-refractivity contribution >= 4 is 16.3 Å². The molecule has 0 bridgehead atoms. The third kappa shape index (κ3) is 3.09. The van der Waals surface area contributed by atoms with Gasteiger partial charge in [0.25, 0.3) is 5.56 Å². The lowest BCUT2D eigenvalue weighted by Gasteiger charge is -2.34. The number of rotatable bonds is 3. The molecule has 0 N–H and O–H groups in total. The molecule has 1 aliphatic rings. The Balaban J connectivity index is 1.49. The molecular formula is C22H19N3OS. The normalized spacial score (nSPS) is 17.1. The lowest BCUT2D eigenvalue weighted by molar-refractivity contribution is 0.229. The van der Waals surface area contributed by atoms with E-state index < -0.39 is 0 Å². The lowest BCUT2D eigenvalue weighted by atomic mass is 9.84. The Hall–Kier alpha value is -2.76. The third-order valence-electron chi connectivity index (χ3n) is 5.21. The highest BCUT2D eigenvalue weighted by Crippen LogP contribution is 2.33. The van der Waals surface area contributed by atoms with Crippen LogP contribution in [0.2, 0.25) is 0 Å². The number of thiazole rings is 1.